The Morgan fingerprint density at radius 2 is 1.86 bits per heavy atom. The first-order chi connectivity index (χ1) is 13.7. The van der Waals surface area contributed by atoms with E-state index in [0.717, 1.165) is 46.7 Å². The second-order valence-electron chi connectivity index (χ2n) is 7.22. The first-order valence-electron chi connectivity index (χ1n) is 9.58. The van der Waals surface area contributed by atoms with E-state index in [2.05, 4.69) is 11.4 Å². The third kappa shape index (κ3) is 3.44. The van der Waals surface area contributed by atoms with Gasteiger partial charge in [0.25, 0.3) is 0 Å². The highest BCUT2D eigenvalue weighted by Crippen LogP contribution is 2.42. The Bertz CT molecular complexity index is 995. The first-order valence-corrected chi connectivity index (χ1v) is 9.58. The van der Waals surface area contributed by atoms with Crippen molar-refractivity contribution in [1.82, 2.24) is 5.32 Å². The summed E-state index contributed by atoms with van der Waals surface area (Å²) in [6, 6.07) is 20.1. The summed E-state index contributed by atoms with van der Waals surface area (Å²) >= 11 is 0. The summed E-state index contributed by atoms with van der Waals surface area (Å²) in [6.07, 6.45) is 2.26. The topological polar surface area (TPSA) is 62.1 Å². The summed E-state index contributed by atoms with van der Waals surface area (Å²) in [5.74, 6) is 0.616. The van der Waals surface area contributed by atoms with Crippen LogP contribution in [0.25, 0.3) is 0 Å². The molecule has 0 radical (unpaired) electrons. The number of ether oxygens (including phenoxy) is 1. The number of dihydropyridines is 1. The lowest BCUT2D eigenvalue weighted by Gasteiger charge is -2.32. The molecule has 4 heteroatoms. The summed E-state index contributed by atoms with van der Waals surface area (Å²) in [6.45, 7) is 2.41. The molecule has 0 amide bonds. The zero-order valence-electron chi connectivity index (χ0n) is 15.9. The van der Waals surface area contributed by atoms with Crippen molar-refractivity contribution in [3.05, 3.63) is 88.3 Å². The number of carbonyl (C=O) groups excluding carboxylic acids is 1. The van der Waals surface area contributed by atoms with Gasteiger partial charge < -0.3 is 10.1 Å². The molecule has 4 nitrogen and oxygen atoms in total. The molecule has 140 valence electrons. The SMILES string of the molecule is CC1=C(C#N)C(c2ccc(OCc3ccccc3)cc2)C2=C(CCCC2=O)N1. The number of hydrogen-bond donors (Lipinski definition) is 1. The molecular formula is C24H22N2O2. The Morgan fingerprint density at radius 1 is 1.11 bits per heavy atom. The fourth-order valence-electron chi connectivity index (χ4n) is 3.96. The highest BCUT2D eigenvalue weighted by atomic mass is 16.5. The number of nitrogens with one attached hydrogen (secondary N) is 1. The molecule has 2 aromatic rings. The molecule has 1 aliphatic heterocycles. The molecule has 2 aromatic carbocycles. The van der Waals surface area contributed by atoms with Crippen molar-refractivity contribution in [2.75, 3.05) is 0 Å². The average molecular weight is 370 g/mol. The highest BCUT2D eigenvalue weighted by molar-refractivity contribution is 5.99. The van der Waals surface area contributed by atoms with E-state index in [0.29, 0.717) is 18.6 Å². The van der Waals surface area contributed by atoms with Crippen LogP contribution in [0, 0.1) is 11.3 Å². The smallest absolute Gasteiger partial charge is 0.161 e. The van der Waals surface area contributed by atoms with E-state index in [9.17, 15) is 10.1 Å². The van der Waals surface area contributed by atoms with Gasteiger partial charge in [-0.15, -0.1) is 0 Å². The fourth-order valence-corrected chi connectivity index (χ4v) is 3.96. The van der Waals surface area contributed by atoms with E-state index in [1.165, 1.54) is 0 Å². The molecule has 4 rings (SSSR count). The van der Waals surface area contributed by atoms with Crippen LogP contribution in [0.1, 0.15) is 43.2 Å². The van der Waals surface area contributed by atoms with Crippen LogP contribution >= 0.6 is 0 Å². The van der Waals surface area contributed by atoms with Crippen molar-refractivity contribution >= 4 is 5.78 Å². The van der Waals surface area contributed by atoms with Gasteiger partial charge in [0.2, 0.25) is 0 Å². The number of rotatable bonds is 4. The molecule has 1 aliphatic carbocycles. The minimum absolute atomic E-state index is 0.142. The van der Waals surface area contributed by atoms with Crippen LogP contribution in [0.4, 0.5) is 0 Å². The predicted octanol–water partition coefficient (Wildman–Crippen LogP) is 4.76. The minimum atomic E-state index is -0.294. The number of ketones is 1. The Kier molecular flexibility index (Phi) is 4.99. The summed E-state index contributed by atoms with van der Waals surface area (Å²) in [5, 5.41) is 13.0. The summed E-state index contributed by atoms with van der Waals surface area (Å²) in [4.78, 5) is 12.7. The quantitative estimate of drug-likeness (QED) is 0.843. The van der Waals surface area contributed by atoms with Crippen LogP contribution in [0.3, 0.4) is 0 Å². The Morgan fingerprint density at radius 3 is 2.57 bits per heavy atom. The van der Waals surface area contributed by atoms with Gasteiger partial charge in [0.15, 0.2) is 5.78 Å². The molecule has 1 N–H and O–H groups in total. The molecule has 0 bridgehead atoms. The monoisotopic (exact) mass is 370 g/mol. The van der Waals surface area contributed by atoms with E-state index in [4.69, 9.17) is 4.74 Å². The van der Waals surface area contributed by atoms with E-state index in [1.807, 2.05) is 61.5 Å². The number of allylic oxidation sites excluding steroid dienone is 4. The molecule has 0 aromatic heterocycles. The van der Waals surface area contributed by atoms with Crippen LogP contribution in [0.15, 0.2) is 77.1 Å². The van der Waals surface area contributed by atoms with Crippen molar-refractivity contribution in [2.24, 2.45) is 0 Å². The normalized spacial score (nSPS) is 19.0. The van der Waals surface area contributed by atoms with E-state index < -0.39 is 0 Å². The third-order valence-corrected chi connectivity index (χ3v) is 5.36. The number of Topliss-reactive ketones (excluding diaryl/α,β-unsaturated/α-hetero) is 1. The molecular weight excluding hydrogens is 348 g/mol. The zero-order valence-corrected chi connectivity index (χ0v) is 15.9. The Labute approximate surface area is 165 Å². The van der Waals surface area contributed by atoms with Crippen molar-refractivity contribution < 1.29 is 9.53 Å². The number of nitrogens with zero attached hydrogens (tertiary/aromatic N) is 1. The number of nitriles is 1. The maximum Gasteiger partial charge on any atom is 0.161 e. The minimum Gasteiger partial charge on any atom is -0.489 e. The number of hydrogen-bond acceptors (Lipinski definition) is 4. The Balaban J connectivity index is 1.61. The van der Waals surface area contributed by atoms with Gasteiger partial charge in [0.05, 0.1) is 17.6 Å². The van der Waals surface area contributed by atoms with E-state index in [-0.39, 0.29) is 11.7 Å². The zero-order chi connectivity index (χ0) is 19.5. The van der Waals surface area contributed by atoms with Gasteiger partial charge >= 0.3 is 0 Å². The van der Waals surface area contributed by atoms with Crippen molar-refractivity contribution in [3.63, 3.8) is 0 Å². The second kappa shape index (κ2) is 7.74. The molecule has 1 atom stereocenters. The van der Waals surface area contributed by atoms with E-state index in [1.54, 1.807) is 0 Å². The summed E-state index contributed by atoms with van der Waals surface area (Å²) in [5.41, 5.74) is 5.25. The van der Waals surface area contributed by atoms with Gasteiger partial charge in [-0.3, -0.25) is 4.79 Å². The van der Waals surface area contributed by atoms with Crippen LogP contribution < -0.4 is 10.1 Å². The lowest BCUT2D eigenvalue weighted by molar-refractivity contribution is -0.116. The van der Waals surface area contributed by atoms with Gasteiger partial charge in [0, 0.05) is 23.4 Å². The van der Waals surface area contributed by atoms with Crippen molar-refractivity contribution in [3.8, 4) is 11.8 Å². The largest absolute Gasteiger partial charge is 0.489 e. The van der Waals surface area contributed by atoms with Crippen molar-refractivity contribution in [1.29, 1.82) is 5.26 Å². The average Bonchev–Trinajstić information content (AvgIpc) is 2.73. The van der Waals surface area contributed by atoms with Crippen LogP contribution in [-0.2, 0) is 11.4 Å². The molecule has 0 saturated heterocycles. The van der Waals surface area contributed by atoms with Gasteiger partial charge in [-0.1, -0.05) is 42.5 Å². The van der Waals surface area contributed by atoms with Crippen molar-refractivity contribution in [2.45, 2.75) is 38.7 Å². The van der Waals surface area contributed by atoms with Crippen LogP contribution in [-0.4, -0.2) is 5.78 Å². The number of carbonyl (C=O) groups is 1. The standard InChI is InChI=1S/C24H22N2O2/c1-16-20(14-25)23(24-21(26-16)8-5-9-22(24)27)18-10-12-19(13-11-18)28-15-17-6-3-2-4-7-17/h2-4,6-7,10-13,23,26H,5,8-9,15H2,1H3. The van der Waals surface area contributed by atoms with Crippen LogP contribution in [0.5, 0.6) is 5.75 Å². The number of benzene rings is 2. The Hall–Kier alpha value is -3.32. The maximum absolute atomic E-state index is 12.7. The summed E-state index contributed by atoms with van der Waals surface area (Å²) < 4.78 is 5.87. The van der Waals surface area contributed by atoms with Gasteiger partial charge in [-0.2, -0.15) is 5.26 Å². The van der Waals surface area contributed by atoms with Crippen LogP contribution in [0.2, 0.25) is 0 Å². The summed E-state index contributed by atoms with van der Waals surface area (Å²) in [7, 11) is 0. The molecule has 28 heavy (non-hydrogen) atoms. The first kappa shape index (κ1) is 18.1. The molecule has 1 heterocycles. The fraction of sp³-hybridized carbons (Fsp3) is 0.250. The molecule has 0 fully saturated rings. The maximum atomic E-state index is 12.7. The van der Waals surface area contributed by atoms with Gasteiger partial charge in [-0.05, 0) is 43.0 Å². The third-order valence-electron chi connectivity index (χ3n) is 5.36. The highest BCUT2D eigenvalue weighted by Gasteiger charge is 2.35. The predicted molar refractivity (Wildman–Crippen MR) is 107 cm³/mol. The van der Waals surface area contributed by atoms with Gasteiger partial charge in [0.1, 0.15) is 12.4 Å². The van der Waals surface area contributed by atoms with E-state index >= 15 is 0 Å². The lowest BCUT2D eigenvalue weighted by atomic mass is 9.76. The molecule has 1 unspecified atom stereocenters. The second-order valence-corrected chi connectivity index (χ2v) is 7.22. The lowest BCUT2D eigenvalue weighted by Crippen LogP contribution is -2.31. The molecule has 0 spiro atoms. The molecule has 2 aliphatic rings. The molecule has 0 saturated carbocycles. The van der Waals surface area contributed by atoms with Gasteiger partial charge in [-0.25, -0.2) is 0 Å².